The molecule has 140 valence electrons. The smallest absolute Gasteiger partial charge is 0.335 e. The molecular weight excluding hydrogens is 355 g/mol. The minimum atomic E-state index is -1.21. The number of piperazine rings is 1. The van der Waals surface area contributed by atoms with Gasteiger partial charge in [-0.1, -0.05) is 12.1 Å². The van der Waals surface area contributed by atoms with Gasteiger partial charge in [-0.3, -0.25) is 9.59 Å². The first-order valence-electron chi connectivity index (χ1n) is 8.17. The second-order valence-electron chi connectivity index (χ2n) is 6.00. The summed E-state index contributed by atoms with van der Waals surface area (Å²) < 4.78 is 18.7. The fraction of sp³-hybridized carbons (Fsp3) is 0.211. The number of hydrogen-bond acceptors (Lipinski definition) is 4. The van der Waals surface area contributed by atoms with E-state index in [0.717, 1.165) is 0 Å². The van der Waals surface area contributed by atoms with E-state index in [1.165, 1.54) is 48.4 Å². The van der Waals surface area contributed by atoms with Crippen molar-refractivity contribution in [3.8, 4) is 5.75 Å². The number of carbonyl (C=O) groups excluding carboxylic acids is 2. The first-order valence-corrected chi connectivity index (χ1v) is 8.17. The molecule has 1 unspecified atom stereocenters. The maximum absolute atomic E-state index is 13.6. The zero-order chi connectivity index (χ0) is 19.6. The van der Waals surface area contributed by atoms with E-state index in [9.17, 15) is 23.9 Å². The van der Waals surface area contributed by atoms with E-state index < -0.39 is 29.6 Å². The number of ether oxygens (including phenoxy) is 1. The van der Waals surface area contributed by atoms with Gasteiger partial charge in [0.05, 0.1) is 12.7 Å². The molecule has 8 heteroatoms. The van der Waals surface area contributed by atoms with Gasteiger partial charge in [0, 0.05) is 18.7 Å². The summed E-state index contributed by atoms with van der Waals surface area (Å²) in [5.41, 5.74) is 0.297. The van der Waals surface area contributed by atoms with E-state index in [4.69, 9.17) is 4.74 Å². The number of amides is 2. The summed E-state index contributed by atoms with van der Waals surface area (Å²) in [6, 6.07) is 8.39. The summed E-state index contributed by atoms with van der Waals surface area (Å²) in [5, 5.41) is 11.9. The summed E-state index contributed by atoms with van der Waals surface area (Å²) in [4.78, 5) is 38.1. The topological polar surface area (TPSA) is 95.9 Å². The highest BCUT2D eigenvalue weighted by Gasteiger charge is 2.35. The lowest BCUT2D eigenvalue weighted by atomic mass is 10.0. The van der Waals surface area contributed by atoms with Crippen LogP contribution in [0.5, 0.6) is 5.75 Å². The molecule has 0 aliphatic carbocycles. The van der Waals surface area contributed by atoms with Gasteiger partial charge in [-0.15, -0.1) is 0 Å². The number of nitrogens with one attached hydrogen (secondary N) is 1. The predicted octanol–water partition coefficient (Wildman–Crippen LogP) is 1.85. The molecule has 7 nitrogen and oxygen atoms in total. The molecule has 0 spiro atoms. The fourth-order valence-electron chi connectivity index (χ4n) is 3.02. The average molecular weight is 372 g/mol. The lowest BCUT2D eigenvalue weighted by Crippen LogP contribution is -2.52. The summed E-state index contributed by atoms with van der Waals surface area (Å²) >= 11 is 0. The van der Waals surface area contributed by atoms with Crippen LogP contribution >= 0.6 is 0 Å². The Morgan fingerprint density at radius 1 is 1.22 bits per heavy atom. The molecule has 1 heterocycles. The zero-order valence-electron chi connectivity index (χ0n) is 14.4. The minimum Gasteiger partial charge on any atom is -0.497 e. The number of benzene rings is 2. The third-order valence-corrected chi connectivity index (χ3v) is 4.27. The Balaban J connectivity index is 2.02. The van der Waals surface area contributed by atoms with Crippen molar-refractivity contribution in [1.29, 1.82) is 0 Å². The normalized spacial score (nSPS) is 16.6. The van der Waals surface area contributed by atoms with Gasteiger partial charge in [0.15, 0.2) is 0 Å². The second kappa shape index (κ2) is 7.45. The highest BCUT2D eigenvalue weighted by Crippen LogP contribution is 2.27. The van der Waals surface area contributed by atoms with Gasteiger partial charge in [0.2, 0.25) is 5.91 Å². The molecule has 1 aliphatic heterocycles. The highest BCUT2D eigenvalue weighted by molar-refractivity contribution is 6.01. The summed E-state index contributed by atoms with van der Waals surface area (Å²) in [6.07, 6.45) is 0. The molecule has 0 radical (unpaired) electrons. The number of halogens is 1. The number of methoxy groups -OCH3 is 1. The van der Waals surface area contributed by atoms with Gasteiger partial charge in [-0.2, -0.15) is 0 Å². The molecule has 0 aromatic heterocycles. The Hall–Kier alpha value is -3.42. The number of carboxylic acids is 1. The molecule has 27 heavy (non-hydrogen) atoms. The van der Waals surface area contributed by atoms with E-state index in [0.29, 0.717) is 5.56 Å². The monoisotopic (exact) mass is 372 g/mol. The Bertz CT molecular complexity index is 915. The van der Waals surface area contributed by atoms with Crippen LogP contribution in [-0.4, -0.2) is 48.0 Å². The standard InChI is InChI=1S/C19H17FN2O5/c1-27-15-9-12(7-13(10-15)19(25)26)18(24)22-6-5-21-17(23)16(22)11-3-2-4-14(20)8-11/h2-4,7-10,16H,5-6H2,1H3,(H,21,23)(H,25,26). The number of aromatic carboxylic acids is 1. The van der Waals surface area contributed by atoms with Crippen LogP contribution in [-0.2, 0) is 4.79 Å². The quantitative estimate of drug-likeness (QED) is 0.854. The summed E-state index contributed by atoms with van der Waals surface area (Å²) in [7, 11) is 1.36. The molecule has 1 fully saturated rings. The van der Waals surface area contributed by atoms with Crippen molar-refractivity contribution in [2.75, 3.05) is 20.2 Å². The Morgan fingerprint density at radius 3 is 2.63 bits per heavy atom. The number of carboxylic acid groups (broad SMARTS) is 1. The van der Waals surface area contributed by atoms with Crippen molar-refractivity contribution in [2.45, 2.75) is 6.04 Å². The number of nitrogens with zero attached hydrogens (tertiary/aromatic N) is 1. The van der Waals surface area contributed by atoms with Crippen LogP contribution in [0, 0.1) is 5.82 Å². The van der Waals surface area contributed by atoms with Crippen LogP contribution in [0.3, 0.4) is 0 Å². The molecule has 1 saturated heterocycles. The van der Waals surface area contributed by atoms with Crippen molar-refractivity contribution in [3.05, 3.63) is 65.0 Å². The fourth-order valence-corrected chi connectivity index (χ4v) is 3.02. The Kier molecular flexibility index (Phi) is 5.07. The molecule has 3 rings (SSSR count). The third kappa shape index (κ3) is 3.74. The molecule has 0 bridgehead atoms. The van der Waals surface area contributed by atoms with Gasteiger partial charge >= 0.3 is 5.97 Å². The van der Waals surface area contributed by atoms with E-state index in [2.05, 4.69) is 5.32 Å². The van der Waals surface area contributed by atoms with Crippen LogP contribution in [0.4, 0.5) is 4.39 Å². The van der Waals surface area contributed by atoms with Crippen LogP contribution in [0.2, 0.25) is 0 Å². The van der Waals surface area contributed by atoms with Gasteiger partial charge < -0.3 is 20.1 Å². The molecule has 1 aliphatic rings. The maximum Gasteiger partial charge on any atom is 0.335 e. The van der Waals surface area contributed by atoms with Gasteiger partial charge in [0.25, 0.3) is 5.91 Å². The van der Waals surface area contributed by atoms with E-state index in [1.54, 1.807) is 6.07 Å². The van der Waals surface area contributed by atoms with Crippen molar-refractivity contribution in [2.24, 2.45) is 0 Å². The van der Waals surface area contributed by atoms with Crippen LogP contribution in [0.15, 0.2) is 42.5 Å². The van der Waals surface area contributed by atoms with E-state index in [-0.39, 0.29) is 30.0 Å². The van der Waals surface area contributed by atoms with Crippen LogP contribution in [0.25, 0.3) is 0 Å². The first kappa shape index (κ1) is 18.4. The summed E-state index contributed by atoms with van der Waals surface area (Å²) in [6.45, 7) is 0.442. The number of hydrogen-bond donors (Lipinski definition) is 2. The van der Waals surface area contributed by atoms with E-state index in [1.807, 2.05) is 0 Å². The molecule has 2 amide bonds. The lowest BCUT2D eigenvalue weighted by Gasteiger charge is -2.35. The zero-order valence-corrected chi connectivity index (χ0v) is 14.4. The Morgan fingerprint density at radius 2 is 1.96 bits per heavy atom. The van der Waals surface area contributed by atoms with Gasteiger partial charge in [-0.05, 0) is 35.9 Å². The van der Waals surface area contributed by atoms with Crippen molar-refractivity contribution >= 4 is 17.8 Å². The average Bonchev–Trinajstić information content (AvgIpc) is 2.66. The van der Waals surface area contributed by atoms with Crippen molar-refractivity contribution in [3.63, 3.8) is 0 Å². The Labute approximate surface area is 154 Å². The van der Waals surface area contributed by atoms with Crippen molar-refractivity contribution in [1.82, 2.24) is 10.2 Å². The van der Waals surface area contributed by atoms with Crippen LogP contribution < -0.4 is 10.1 Å². The maximum atomic E-state index is 13.6. The molecule has 2 aromatic carbocycles. The third-order valence-electron chi connectivity index (χ3n) is 4.27. The van der Waals surface area contributed by atoms with Crippen molar-refractivity contribution < 1.29 is 28.6 Å². The second-order valence-corrected chi connectivity index (χ2v) is 6.00. The highest BCUT2D eigenvalue weighted by atomic mass is 19.1. The van der Waals surface area contributed by atoms with Gasteiger partial charge in [-0.25, -0.2) is 9.18 Å². The molecule has 1 atom stereocenters. The minimum absolute atomic E-state index is 0.0721. The predicted molar refractivity (Wildman–Crippen MR) is 93.1 cm³/mol. The number of carbonyl (C=O) groups is 3. The van der Waals surface area contributed by atoms with Crippen LogP contribution in [0.1, 0.15) is 32.3 Å². The molecule has 2 N–H and O–H groups in total. The first-order chi connectivity index (χ1) is 12.9. The molecule has 2 aromatic rings. The van der Waals surface area contributed by atoms with E-state index >= 15 is 0 Å². The molecular formula is C19H17FN2O5. The largest absolute Gasteiger partial charge is 0.497 e. The van der Waals surface area contributed by atoms with Gasteiger partial charge in [0.1, 0.15) is 17.6 Å². The summed E-state index contributed by atoms with van der Waals surface area (Å²) in [5.74, 6) is -2.49. The number of rotatable bonds is 4. The SMILES string of the molecule is COc1cc(C(=O)O)cc(C(=O)N2CCNC(=O)C2c2cccc(F)c2)c1. The molecule has 0 saturated carbocycles. The lowest BCUT2D eigenvalue weighted by molar-refractivity contribution is -0.128.